The van der Waals surface area contributed by atoms with Gasteiger partial charge in [-0.3, -0.25) is 0 Å². The van der Waals surface area contributed by atoms with E-state index in [4.69, 9.17) is 18.0 Å². The lowest BCUT2D eigenvalue weighted by molar-refractivity contribution is 0.00433. The Bertz CT molecular complexity index is 641. The third-order valence-electron chi connectivity index (χ3n) is 6.91. The van der Waals surface area contributed by atoms with Crippen molar-refractivity contribution >= 4 is 16.9 Å². The Kier molecular flexibility index (Phi) is 19.8. The molecule has 1 aromatic rings. The first-order valence-electron chi connectivity index (χ1n) is 14.6. The molecule has 0 N–H and O–H groups in total. The van der Waals surface area contributed by atoms with Gasteiger partial charge in [0.25, 0.3) is 0 Å². The van der Waals surface area contributed by atoms with Crippen molar-refractivity contribution in [2.75, 3.05) is 26.4 Å². The van der Waals surface area contributed by atoms with Crippen molar-refractivity contribution in [3.8, 4) is 0 Å². The lowest BCUT2D eigenvalue weighted by atomic mass is 10.0. The molecule has 2 unspecified atom stereocenters. The van der Waals surface area contributed by atoms with Crippen LogP contribution in [0.3, 0.4) is 0 Å². The molecule has 0 heterocycles. The van der Waals surface area contributed by atoms with Gasteiger partial charge in [0.1, 0.15) is 0 Å². The maximum atomic E-state index is 6.74. The Morgan fingerprint density at radius 3 is 1.69 bits per heavy atom. The molecule has 1 aromatic carbocycles. The smallest absolute Gasteiger partial charge is 0.374 e. The van der Waals surface area contributed by atoms with Gasteiger partial charge in [-0.15, -0.1) is 0 Å². The molecular formula is C30H58O4Si2. The van der Waals surface area contributed by atoms with Crippen molar-refractivity contribution in [2.45, 2.75) is 117 Å². The molecule has 1 rings (SSSR count). The molecule has 0 spiro atoms. The van der Waals surface area contributed by atoms with Gasteiger partial charge in [-0.05, 0) is 45.4 Å². The number of hydrogen-bond acceptors (Lipinski definition) is 4. The molecule has 0 saturated carbocycles. The standard InChI is InChI=1S/C22H40OSi.C8H18O3Si/c1-6-10-15-18-22(23-9-4,21-16-13-12-14-17-21)24(5,19-8-3)20-11-7-2;1-5-9-12(8-4,10-6-2)11-7-3/h12-14,16-17H,6-11,15,18-20H2,1-5H3;8H,4-7H2,1-3H3. The molecule has 0 aliphatic rings. The fourth-order valence-electron chi connectivity index (χ4n) is 5.25. The first kappa shape index (κ1) is 35.2. The van der Waals surface area contributed by atoms with E-state index >= 15 is 0 Å². The van der Waals surface area contributed by atoms with E-state index in [-0.39, 0.29) is 5.22 Å². The number of rotatable bonds is 20. The molecule has 2 atom stereocenters. The Labute approximate surface area is 226 Å². The molecule has 6 heteroatoms. The highest BCUT2D eigenvalue weighted by Crippen LogP contribution is 2.45. The molecule has 0 radical (unpaired) electrons. The summed E-state index contributed by atoms with van der Waals surface area (Å²) < 4.78 is 23.0. The van der Waals surface area contributed by atoms with Crippen LogP contribution in [0.15, 0.2) is 42.6 Å². The second-order valence-electron chi connectivity index (χ2n) is 9.60. The molecular weight excluding hydrogens is 480 g/mol. The fraction of sp³-hybridized carbons (Fsp3) is 0.733. The average molecular weight is 539 g/mol. The summed E-state index contributed by atoms with van der Waals surface area (Å²) in [5.74, 6) is 0. The largest absolute Gasteiger partial charge is 0.528 e. The summed E-state index contributed by atoms with van der Waals surface area (Å²) in [5.41, 5.74) is 3.12. The maximum absolute atomic E-state index is 6.74. The first-order valence-corrected chi connectivity index (χ1v) is 19.3. The van der Waals surface area contributed by atoms with Gasteiger partial charge in [0.05, 0.1) is 13.3 Å². The van der Waals surface area contributed by atoms with Crippen molar-refractivity contribution in [3.05, 3.63) is 48.2 Å². The van der Waals surface area contributed by atoms with Gasteiger partial charge >= 0.3 is 8.80 Å². The van der Waals surface area contributed by atoms with Crippen molar-refractivity contribution in [1.82, 2.24) is 0 Å². The lowest BCUT2D eigenvalue weighted by Crippen LogP contribution is -2.55. The topological polar surface area (TPSA) is 36.9 Å². The minimum Gasteiger partial charge on any atom is -0.374 e. The zero-order valence-electron chi connectivity index (χ0n) is 25.0. The first-order chi connectivity index (χ1) is 17.3. The highest BCUT2D eigenvalue weighted by Gasteiger charge is 2.50. The molecule has 0 aliphatic carbocycles. The summed E-state index contributed by atoms with van der Waals surface area (Å²) in [5, 5.41) is -0.0106. The van der Waals surface area contributed by atoms with E-state index in [0.29, 0.717) is 19.8 Å². The molecule has 0 fully saturated rings. The Morgan fingerprint density at radius 1 is 0.722 bits per heavy atom. The zero-order chi connectivity index (χ0) is 27.3. The molecule has 210 valence electrons. The fourth-order valence-corrected chi connectivity index (χ4v) is 12.5. The summed E-state index contributed by atoms with van der Waals surface area (Å²) in [4.78, 5) is 0. The summed E-state index contributed by atoms with van der Waals surface area (Å²) in [6, 6.07) is 13.9. The second-order valence-corrected chi connectivity index (χ2v) is 17.0. The van der Waals surface area contributed by atoms with Gasteiger partial charge in [0.2, 0.25) is 0 Å². The predicted octanol–water partition coefficient (Wildman–Crippen LogP) is 9.09. The number of hydrogen-bond donors (Lipinski definition) is 0. The highest BCUT2D eigenvalue weighted by atomic mass is 28.4. The van der Waals surface area contributed by atoms with Crippen molar-refractivity contribution < 1.29 is 18.0 Å². The van der Waals surface area contributed by atoms with Gasteiger partial charge in [-0.2, -0.15) is 0 Å². The van der Waals surface area contributed by atoms with Gasteiger partial charge in [0, 0.05) is 26.4 Å². The summed E-state index contributed by atoms with van der Waals surface area (Å²) >= 11 is 0. The maximum Gasteiger partial charge on any atom is 0.528 e. The van der Waals surface area contributed by atoms with Crippen molar-refractivity contribution in [2.24, 2.45) is 0 Å². The van der Waals surface area contributed by atoms with E-state index in [1.54, 1.807) is 5.70 Å². The minimum absolute atomic E-state index is 0.0106. The van der Waals surface area contributed by atoms with Crippen LogP contribution < -0.4 is 0 Å². The Balaban J connectivity index is 0.000000860. The predicted molar refractivity (Wildman–Crippen MR) is 161 cm³/mol. The van der Waals surface area contributed by atoms with Crippen LogP contribution >= 0.6 is 0 Å². The Hall–Kier alpha value is -0.766. The van der Waals surface area contributed by atoms with E-state index in [0.717, 1.165) is 6.61 Å². The third-order valence-corrected chi connectivity index (χ3v) is 15.2. The van der Waals surface area contributed by atoms with Gasteiger partial charge in [-0.1, -0.05) is 115 Å². The van der Waals surface area contributed by atoms with Crippen LogP contribution in [0.2, 0.25) is 18.6 Å². The van der Waals surface area contributed by atoms with Gasteiger partial charge in [0.15, 0.2) is 0 Å². The van der Waals surface area contributed by atoms with E-state index in [1.165, 1.54) is 62.6 Å². The number of ether oxygens (including phenoxy) is 1. The van der Waals surface area contributed by atoms with Crippen molar-refractivity contribution in [1.29, 1.82) is 0 Å². The summed E-state index contributed by atoms with van der Waals surface area (Å²) in [6.45, 7) is 23.8. The average Bonchev–Trinajstić information content (AvgIpc) is 2.88. The third kappa shape index (κ3) is 10.9. The quantitative estimate of drug-likeness (QED) is 0.122. The molecule has 0 amide bonds. The summed E-state index contributed by atoms with van der Waals surface area (Å²) in [7, 11) is -4.09. The molecule has 0 aliphatic heterocycles. The second kappa shape index (κ2) is 20.2. The van der Waals surface area contributed by atoms with Crippen LogP contribution in [0.4, 0.5) is 0 Å². The van der Waals surface area contributed by atoms with E-state index in [1.807, 2.05) is 20.8 Å². The number of benzene rings is 1. The molecule has 0 saturated heterocycles. The highest BCUT2D eigenvalue weighted by molar-refractivity contribution is 6.81. The van der Waals surface area contributed by atoms with Crippen LogP contribution in [-0.4, -0.2) is 43.3 Å². The molecule has 4 nitrogen and oxygen atoms in total. The minimum atomic E-state index is -2.51. The molecule has 0 aromatic heterocycles. The van der Waals surface area contributed by atoms with Crippen LogP contribution in [0.5, 0.6) is 0 Å². The van der Waals surface area contributed by atoms with Gasteiger partial charge in [-0.25, -0.2) is 0 Å². The Morgan fingerprint density at radius 2 is 1.28 bits per heavy atom. The van der Waals surface area contributed by atoms with E-state index in [2.05, 4.69) is 71.2 Å². The van der Waals surface area contributed by atoms with Crippen molar-refractivity contribution in [3.63, 3.8) is 0 Å². The van der Waals surface area contributed by atoms with Crippen LogP contribution in [0.25, 0.3) is 0 Å². The van der Waals surface area contributed by atoms with E-state index < -0.39 is 16.9 Å². The van der Waals surface area contributed by atoms with Crippen LogP contribution in [-0.2, 0) is 23.2 Å². The molecule has 0 bridgehead atoms. The molecule has 36 heavy (non-hydrogen) atoms. The lowest BCUT2D eigenvalue weighted by Gasteiger charge is -2.48. The van der Waals surface area contributed by atoms with Crippen LogP contribution in [0, 0.1) is 0 Å². The number of unbranched alkanes of at least 4 members (excludes halogenated alkanes) is 3. The normalized spacial score (nSPS) is 14.9. The van der Waals surface area contributed by atoms with E-state index in [9.17, 15) is 0 Å². The van der Waals surface area contributed by atoms with Gasteiger partial charge < -0.3 is 18.0 Å². The monoisotopic (exact) mass is 538 g/mol. The van der Waals surface area contributed by atoms with Crippen LogP contribution in [0.1, 0.15) is 99.0 Å². The SMILES string of the molecule is C=C[Si](OCC)(OCC)OCC.CCCCCC(OCC)(c1ccccc1)[Si](C)(CCC)CCCC. The zero-order valence-corrected chi connectivity index (χ0v) is 27.0. The summed E-state index contributed by atoms with van der Waals surface area (Å²) in [6.07, 6.45) is 8.98.